The topological polar surface area (TPSA) is 45.2 Å². The van der Waals surface area contributed by atoms with E-state index in [9.17, 15) is 0 Å². The van der Waals surface area contributed by atoms with Gasteiger partial charge in [-0.05, 0) is 13.8 Å². The van der Waals surface area contributed by atoms with E-state index in [0.717, 1.165) is 12.2 Å². The zero-order chi connectivity index (χ0) is 8.97. The minimum Gasteiger partial charge on any atom is -0.395 e. The minimum atomic E-state index is 0.159. The average Bonchev–Trinajstić information content (AvgIpc) is 2.47. The van der Waals surface area contributed by atoms with Gasteiger partial charge in [-0.25, -0.2) is 4.98 Å². The lowest BCUT2D eigenvalue weighted by molar-refractivity contribution is 0.251. The molecule has 0 aromatic carbocycles. The molecule has 0 saturated heterocycles. The summed E-state index contributed by atoms with van der Waals surface area (Å²) in [5.74, 6) is 0. The standard InChI is InChI=1S/C8H14N2OS/c1-6(4-11)9-3-8-7(2)10-5-12-8/h5-6,9,11H,3-4H2,1-2H3. The Morgan fingerprint density at radius 3 is 3.00 bits per heavy atom. The molecule has 1 rings (SSSR count). The molecule has 0 aliphatic heterocycles. The Morgan fingerprint density at radius 2 is 2.50 bits per heavy atom. The molecule has 1 atom stereocenters. The summed E-state index contributed by atoms with van der Waals surface area (Å²) in [7, 11) is 0. The highest BCUT2D eigenvalue weighted by Gasteiger charge is 2.02. The number of nitrogens with one attached hydrogen (secondary N) is 1. The van der Waals surface area contributed by atoms with Crippen molar-refractivity contribution in [2.24, 2.45) is 0 Å². The zero-order valence-electron chi connectivity index (χ0n) is 7.37. The summed E-state index contributed by atoms with van der Waals surface area (Å²) in [6.45, 7) is 4.93. The zero-order valence-corrected chi connectivity index (χ0v) is 8.19. The molecule has 1 unspecified atom stereocenters. The molecule has 0 fully saturated rings. The van der Waals surface area contributed by atoms with Crippen molar-refractivity contribution < 1.29 is 5.11 Å². The highest BCUT2D eigenvalue weighted by molar-refractivity contribution is 7.09. The second-order valence-corrected chi connectivity index (χ2v) is 3.76. The van der Waals surface area contributed by atoms with Crippen molar-refractivity contribution >= 4 is 11.3 Å². The molecule has 0 amide bonds. The molecule has 0 spiro atoms. The van der Waals surface area contributed by atoms with Gasteiger partial charge in [-0.2, -0.15) is 0 Å². The molecular weight excluding hydrogens is 172 g/mol. The molecule has 0 aliphatic carbocycles. The van der Waals surface area contributed by atoms with E-state index in [1.165, 1.54) is 4.88 Å². The molecule has 4 heteroatoms. The summed E-state index contributed by atoms with van der Waals surface area (Å²) in [5, 5.41) is 12.0. The maximum atomic E-state index is 8.76. The van der Waals surface area contributed by atoms with E-state index in [1.54, 1.807) is 11.3 Å². The molecule has 1 aromatic heterocycles. The van der Waals surface area contributed by atoms with Gasteiger partial charge in [0.15, 0.2) is 0 Å². The van der Waals surface area contributed by atoms with Crippen LogP contribution in [-0.2, 0) is 6.54 Å². The van der Waals surface area contributed by atoms with Gasteiger partial charge in [0.1, 0.15) is 0 Å². The van der Waals surface area contributed by atoms with E-state index in [2.05, 4.69) is 10.3 Å². The lowest BCUT2D eigenvalue weighted by Gasteiger charge is -2.08. The van der Waals surface area contributed by atoms with Crippen molar-refractivity contribution in [3.63, 3.8) is 0 Å². The predicted molar refractivity (Wildman–Crippen MR) is 50.2 cm³/mol. The highest BCUT2D eigenvalue weighted by Crippen LogP contribution is 2.11. The fraction of sp³-hybridized carbons (Fsp3) is 0.625. The molecule has 1 heterocycles. The fourth-order valence-corrected chi connectivity index (χ4v) is 1.56. The highest BCUT2D eigenvalue weighted by atomic mass is 32.1. The van der Waals surface area contributed by atoms with Gasteiger partial charge in [-0.15, -0.1) is 11.3 Å². The van der Waals surface area contributed by atoms with Crippen LogP contribution in [0.25, 0.3) is 0 Å². The Balaban J connectivity index is 2.38. The van der Waals surface area contributed by atoms with Crippen LogP contribution in [0.1, 0.15) is 17.5 Å². The van der Waals surface area contributed by atoms with Crippen molar-refractivity contribution in [1.82, 2.24) is 10.3 Å². The van der Waals surface area contributed by atoms with Gasteiger partial charge in [-0.3, -0.25) is 0 Å². The van der Waals surface area contributed by atoms with Gasteiger partial charge in [0.25, 0.3) is 0 Å². The first kappa shape index (κ1) is 9.64. The van der Waals surface area contributed by atoms with E-state index in [4.69, 9.17) is 5.11 Å². The number of thiazole rings is 1. The minimum absolute atomic E-state index is 0.159. The average molecular weight is 186 g/mol. The molecule has 1 aromatic rings. The third-order valence-corrected chi connectivity index (χ3v) is 2.66. The van der Waals surface area contributed by atoms with Crippen molar-refractivity contribution in [1.29, 1.82) is 0 Å². The molecule has 68 valence electrons. The van der Waals surface area contributed by atoms with E-state index in [1.807, 2.05) is 19.4 Å². The number of aliphatic hydroxyl groups excluding tert-OH is 1. The Hall–Kier alpha value is -0.450. The number of hydrogen-bond donors (Lipinski definition) is 2. The lowest BCUT2D eigenvalue weighted by Crippen LogP contribution is -2.28. The van der Waals surface area contributed by atoms with Gasteiger partial charge in [0.2, 0.25) is 0 Å². The van der Waals surface area contributed by atoms with Crippen LogP contribution in [0.5, 0.6) is 0 Å². The Kier molecular flexibility index (Phi) is 3.65. The Morgan fingerprint density at radius 1 is 1.75 bits per heavy atom. The molecule has 2 N–H and O–H groups in total. The van der Waals surface area contributed by atoms with Crippen molar-refractivity contribution in [2.75, 3.05) is 6.61 Å². The lowest BCUT2D eigenvalue weighted by atomic mass is 10.3. The quantitative estimate of drug-likeness (QED) is 0.735. The van der Waals surface area contributed by atoms with Crippen LogP contribution in [0, 0.1) is 6.92 Å². The Labute approximate surface area is 76.5 Å². The van der Waals surface area contributed by atoms with Crippen molar-refractivity contribution in [3.05, 3.63) is 16.1 Å². The maximum absolute atomic E-state index is 8.76. The smallest absolute Gasteiger partial charge is 0.0798 e. The number of hydrogen-bond acceptors (Lipinski definition) is 4. The van der Waals surface area contributed by atoms with Crippen LogP contribution < -0.4 is 5.32 Å². The van der Waals surface area contributed by atoms with Gasteiger partial charge in [0.05, 0.1) is 17.8 Å². The van der Waals surface area contributed by atoms with E-state index >= 15 is 0 Å². The van der Waals surface area contributed by atoms with Gasteiger partial charge in [-0.1, -0.05) is 0 Å². The third-order valence-electron chi connectivity index (χ3n) is 1.73. The molecule has 0 radical (unpaired) electrons. The summed E-state index contributed by atoms with van der Waals surface area (Å²) in [6.07, 6.45) is 0. The second kappa shape index (κ2) is 4.54. The number of aromatic nitrogens is 1. The van der Waals surface area contributed by atoms with Crippen LogP contribution in [0.3, 0.4) is 0 Å². The normalized spacial score (nSPS) is 13.2. The molecule has 0 bridgehead atoms. The largest absolute Gasteiger partial charge is 0.395 e. The molecular formula is C8H14N2OS. The molecule has 3 nitrogen and oxygen atoms in total. The first-order valence-electron chi connectivity index (χ1n) is 3.97. The number of nitrogens with zero attached hydrogens (tertiary/aromatic N) is 1. The van der Waals surface area contributed by atoms with E-state index in [0.29, 0.717) is 0 Å². The summed E-state index contributed by atoms with van der Waals surface area (Å²) < 4.78 is 0. The molecule has 12 heavy (non-hydrogen) atoms. The Bertz CT molecular complexity index is 237. The first-order chi connectivity index (χ1) is 5.74. The molecule has 0 saturated carbocycles. The summed E-state index contributed by atoms with van der Waals surface area (Å²) in [5.41, 5.74) is 2.92. The number of aliphatic hydroxyl groups is 1. The van der Waals surface area contributed by atoms with Gasteiger partial charge >= 0.3 is 0 Å². The van der Waals surface area contributed by atoms with E-state index < -0.39 is 0 Å². The van der Waals surface area contributed by atoms with Crippen LogP contribution >= 0.6 is 11.3 Å². The SMILES string of the molecule is Cc1ncsc1CNC(C)CO. The number of aryl methyl sites for hydroxylation is 1. The maximum Gasteiger partial charge on any atom is 0.0798 e. The summed E-state index contributed by atoms with van der Waals surface area (Å²) >= 11 is 1.65. The third kappa shape index (κ3) is 2.55. The monoisotopic (exact) mass is 186 g/mol. The van der Waals surface area contributed by atoms with Crippen molar-refractivity contribution in [2.45, 2.75) is 26.4 Å². The van der Waals surface area contributed by atoms with Crippen LogP contribution in [0.2, 0.25) is 0 Å². The molecule has 0 aliphatic rings. The summed E-state index contributed by atoms with van der Waals surface area (Å²) in [6, 6.07) is 0.159. The van der Waals surface area contributed by atoms with Crippen molar-refractivity contribution in [3.8, 4) is 0 Å². The van der Waals surface area contributed by atoms with Gasteiger partial charge in [0, 0.05) is 17.5 Å². The van der Waals surface area contributed by atoms with Crippen LogP contribution in [-0.4, -0.2) is 22.7 Å². The van der Waals surface area contributed by atoms with E-state index in [-0.39, 0.29) is 12.6 Å². The van der Waals surface area contributed by atoms with Gasteiger partial charge < -0.3 is 10.4 Å². The van der Waals surface area contributed by atoms with Crippen LogP contribution in [0.15, 0.2) is 5.51 Å². The van der Waals surface area contributed by atoms with Crippen LogP contribution in [0.4, 0.5) is 0 Å². The number of rotatable bonds is 4. The fourth-order valence-electron chi connectivity index (χ4n) is 0.827. The second-order valence-electron chi connectivity index (χ2n) is 2.83. The first-order valence-corrected chi connectivity index (χ1v) is 4.85. The summed E-state index contributed by atoms with van der Waals surface area (Å²) in [4.78, 5) is 5.38. The predicted octanol–water partition coefficient (Wildman–Crippen LogP) is 0.922.